The SMILES string of the molecule is FC(F)(F)c1ccccc1NC1CC=CCC1. The largest absolute Gasteiger partial charge is 0.418 e. The molecule has 0 aromatic heterocycles. The predicted molar refractivity (Wildman–Crippen MR) is 61.8 cm³/mol. The topological polar surface area (TPSA) is 12.0 Å². The minimum absolute atomic E-state index is 0.100. The summed E-state index contributed by atoms with van der Waals surface area (Å²) in [6, 6.07) is 5.73. The molecule has 1 N–H and O–H groups in total. The predicted octanol–water partition coefficient (Wildman–Crippen LogP) is 4.23. The number of halogens is 3. The molecule has 1 aromatic carbocycles. The second-order valence-corrected chi connectivity index (χ2v) is 4.17. The summed E-state index contributed by atoms with van der Waals surface area (Å²) in [6.45, 7) is 0. The van der Waals surface area contributed by atoms with Gasteiger partial charge in [0.2, 0.25) is 0 Å². The fourth-order valence-electron chi connectivity index (χ4n) is 2.00. The zero-order chi connectivity index (χ0) is 12.3. The second-order valence-electron chi connectivity index (χ2n) is 4.17. The highest BCUT2D eigenvalue weighted by atomic mass is 19.4. The van der Waals surface area contributed by atoms with Crippen LogP contribution in [0.2, 0.25) is 0 Å². The third-order valence-corrected chi connectivity index (χ3v) is 2.86. The van der Waals surface area contributed by atoms with Gasteiger partial charge in [0.05, 0.1) is 5.56 Å². The van der Waals surface area contributed by atoms with Crippen LogP contribution < -0.4 is 5.32 Å². The van der Waals surface area contributed by atoms with Crippen LogP contribution in [0.3, 0.4) is 0 Å². The lowest BCUT2D eigenvalue weighted by molar-refractivity contribution is -0.137. The van der Waals surface area contributed by atoms with Crippen molar-refractivity contribution in [3.05, 3.63) is 42.0 Å². The highest BCUT2D eigenvalue weighted by Gasteiger charge is 2.33. The third kappa shape index (κ3) is 3.02. The average Bonchev–Trinajstić information content (AvgIpc) is 2.30. The van der Waals surface area contributed by atoms with Crippen LogP contribution in [0.4, 0.5) is 18.9 Å². The van der Waals surface area contributed by atoms with Crippen molar-refractivity contribution >= 4 is 5.69 Å². The molecule has 1 atom stereocenters. The number of benzene rings is 1. The molecule has 17 heavy (non-hydrogen) atoms. The van der Waals surface area contributed by atoms with E-state index >= 15 is 0 Å². The molecular formula is C13H14F3N. The van der Waals surface area contributed by atoms with Crippen LogP contribution in [0.25, 0.3) is 0 Å². The highest BCUT2D eigenvalue weighted by molar-refractivity contribution is 5.53. The quantitative estimate of drug-likeness (QED) is 0.764. The van der Waals surface area contributed by atoms with Crippen molar-refractivity contribution in [2.24, 2.45) is 0 Å². The third-order valence-electron chi connectivity index (χ3n) is 2.86. The number of allylic oxidation sites excluding steroid dienone is 1. The van der Waals surface area contributed by atoms with Crippen molar-refractivity contribution in [2.45, 2.75) is 31.5 Å². The van der Waals surface area contributed by atoms with Gasteiger partial charge in [0.15, 0.2) is 0 Å². The second kappa shape index (κ2) is 4.82. The van der Waals surface area contributed by atoms with E-state index in [2.05, 4.69) is 11.4 Å². The van der Waals surface area contributed by atoms with E-state index in [0.29, 0.717) is 0 Å². The van der Waals surface area contributed by atoms with Gasteiger partial charge in [0.25, 0.3) is 0 Å². The molecule has 2 rings (SSSR count). The molecule has 0 aliphatic heterocycles. The van der Waals surface area contributed by atoms with E-state index in [4.69, 9.17) is 0 Å². The van der Waals surface area contributed by atoms with Gasteiger partial charge in [-0.3, -0.25) is 0 Å². The molecule has 1 aliphatic rings. The Hall–Kier alpha value is -1.45. The first-order valence-electron chi connectivity index (χ1n) is 5.65. The lowest BCUT2D eigenvalue weighted by Gasteiger charge is -2.23. The summed E-state index contributed by atoms with van der Waals surface area (Å²) >= 11 is 0. The average molecular weight is 241 g/mol. The smallest absolute Gasteiger partial charge is 0.381 e. The molecule has 1 aliphatic carbocycles. The van der Waals surface area contributed by atoms with E-state index < -0.39 is 11.7 Å². The van der Waals surface area contributed by atoms with Crippen LogP contribution in [0, 0.1) is 0 Å². The van der Waals surface area contributed by atoms with Crippen LogP contribution in [0.1, 0.15) is 24.8 Å². The molecule has 1 aromatic rings. The van der Waals surface area contributed by atoms with Gasteiger partial charge in [-0.15, -0.1) is 0 Å². The van der Waals surface area contributed by atoms with Crippen LogP contribution in [0.5, 0.6) is 0 Å². The Kier molecular flexibility index (Phi) is 3.41. The molecule has 0 saturated carbocycles. The van der Waals surface area contributed by atoms with Crippen molar-refractivity contribution in [1.82, 2.24) is 0 Å². The highest BCUT2D eigenvalue weighted by Crippen LogP contribution is 2.35. The van der Waals surface area contributed by atoms with Gasteiger partial charge in [-0.2, -0.15) is 13.2 Å². The summed E-state index contributed by atoms with van der Waals surface area (Å²) in [7, 11) is 0. The van der Waals surface area contributed by atoms with Gasteiger partial charge in [-0.05, 0) is 31.4 Å². The normalized spacial score (nSPS) is 20.3. The monoisotopic (exact) mass is 241 g/mol. The van der Waals surface area contributed by atoms with Gasteiger partial charge in [0, 0.05) is 11.7 Å². The van der Waals surface area contributed by atoms with E-state index in [1.165, 1.54) is 12.1 Å². The maximum Gasteiger partial charge on any atom is 0.418 e. The van der Waals surface area contributed by atoms with E-state index in [1.54, 1.807) is 6.07 Å². The number of para-hydroxylation sites is 1. The molecule has 4 heteroatoms. The molecule has 0 radical (unpaired) electrons. The number of rotatable bonds is 2. The van der Waals surface area contributed by atoms with Gasteiger partial charge < -0.3 is 5.32 Å². The Morgan fingerprint density at radius 2 is 1.88 bits per heavy atom. The Morgan fingerprint density at radius 3 is 2.53 bits per heavy atom. The van der Waals surface area contributed by atoms with Crippen LogP contribution in [0.15, 0.2) is 36.4 Å². The van der Waals surface area contributed by atoms with E-state index in [-0.39, 0.29) is 11.7 Å². The van der Waals surface area contributed by atoms with Gasteiger partial charge >= 0.3 is 6.18 Å². The van der Waals surface area contributed by atoms with Crippen molar-refractivity contribution in [3.8, 4) is 0 Å². The lowest BCUT2D eigenvalue weighted by Crippen LogP contribution is -2.22. The van der Waals surface area contributed by atoms with Crippen LogP contribution >= 0.6 is 0 Å². The summed E-state index contributed by atoms with van der Waals surface area (Å²) in [4.78, 5) is 0. The van der Waals surface area contributed by atoms with Crippen molar-refractivity contribution in [2.75, 3.05) is 5.32 Å². The first-order valence-corrected chi connectivity index (χ1v) is 5.65. The summed E-state index contributed by atoms with van der Waals surface area (Å²) in [5.41, 5.74) is -0.408. The number of anilines is 1. The number of hydrogen-bond acceptors (Lipinski definition) is 1. The zero-order valence-electron chi connectivity index (χ0n) is 9.30. The maximum atomic E-state index is 12.7. The van der Waals surface area contributed by atoms with Crippen LogP contribution in [-0.4, -0.2) is 6.04 Å². The molecule has 1 nitrogen and oxygen atoms in total. The van der Waals surface area contributed by atoms with Crippen molar-refractivity contribution in [3.63, 3.8) is 0 Å². The van der Waals surface area contributed by atoms with E-state index in [1.807, 2.05) is 6.08 Å². The summed E-state index contributed by atoms with van der Waals surface area (Å²) in [6.07, 6.45) is 2.36. The molecule has 0 fully saturated rings. The fourth-order valence-corrected chi connectivity index (χ4v) is 2.00. The Bertz CT molecular complexity index is 409. The molecule has 1 unspecified atom stereocenters. The lowest BCUT2D eigenvalue weighted by atomic mass is 10.0. The molecule has 0 saturated heterocycles. The molecule has 92 valence electrons. The first kappa shape index (κ1) is 12.0. The molecule has 0 spiro atoms. The number of hydrogen-bond donors (Lipinski definition) is 1. The maximum absolute atomic E-state index is 12.7. The van der Waals surface area contributed by atoms with Gasteiger partial charge in [0.1, 0.15) is 0 Å². The zero-order valence-corrected chi connectivity index (χ0v) is 9.30. The molecule has 0 amide bonds. The van der Waals surface area contributed by atoms with E-state index in [0.717, 1.165) is 25.3 Å². The summed E-state index contributed by atoms with van der Waals surface area (Å²) in [5.74, 6) is 0. The summed E-state index contributed by atoms with van der Waals surface area (Å²) < 4.78 is 38.2. The minimum Gasteiger partial charge on any atom is -0.381 e. The molecule has 0 bridgehead atoms. The summed E-state index contributed by atoms with van der Waals surface area (Å²) in [5, 5.41) is 2.98. The molecular weight excluding hydrogens is 227 g/mol. The van der Waals surface area contributed by atoms with E-state index in [9.17, 15) is 13.2 Å². The Morgan fingerprint density at radius 1 is 1.12 bits per heavy atom. The fraction of sp³-hybridized carbons (Fsp3) is 0.385. The van der Waals surface area contributed by atoms with Gasteiger partial charge in [-0.1, -0.05) is 24.3 Å². The van der Waals surface area contributed by atoms with Gasteiger partial charge in [-0.25, -0.2) is 0 Å². The van der Waals surface area contributed by atoms with Crippen LogP contribution in [-0.2, 0) is 6.18 Å². The Balaban J connectivity index is 2.17. The molecule has 0 heterocycles. The minimum atomic E-state index is -4.30. The first-order chi connectivity index (χ1) is 8.07. The van der Waals surface area contributed by atoms with Crippen molar-refractivity contribution < 1.29 is 13.2 Å². The number of nitrogens with one attached hydrogen (secondary N) is 1. The standard InChI is InChI=1S/C13H14F3N/c14-13(15,16)11-8-4-5-9-12(11)17-10-6-2-1-3-7-10/h1-2,4-5,8-10,17H,3,6-7H2. The van der Waals surface area contributed by atoms with Crippen molar-refractivity contribution in [1.29, 1.82) is 0 Å². The Labute approximate surface area is 98.3 Å². The number of alkyl halides is 3.